The van der Waals surface area contributed by atoms with Gasteiger partial charge in [-0.05, 0) is 18.2 Å². The third kappa shape index (κ3) is 2.23. The fourth-order valence-electron chi connectivity index (χ4n) is 0.852. The number of nitriles is 1. The second-order valence-corrected chi connectivity index (χ2v) is 2.25. The molecule has 0 saturated carbocycles. The zero-order chi connectivity index (χ0) is 8.81. The van der Waals surface area contributed by atoms with Crippen molar-refractivity contribution in [1.82, 2.24) is 5.43 Å². The van der Waals surface area contributed by atoms with Crippen LogP contribution in [-0.4, -0.2) is 6.67 Å². The summed E-state index contributed by atoms with van der Waals surface area (Å²) in [7, 11) is 0. The van der Waals surface area contributed by atoms with Crippen LogP contribution in [-0.2, 0) is 0 Å². The highest BCUT2D eigenvalue weighted by molar-refractivity contribution is 5.48. The lowest BCUT2D eigenvalue weighted by Crippen LogP contribution is -2.28. The van der Waals surface area contributed by atoms with E-state index in [1.165, 1.54) is 0 Å². The first kappa shape index (κ1) is 8.53. The largest absolute Gasteiger partial charge is 0.371 e. The summed E-state index contributed by atoms with van der Waals surface area (Å²) in [5.74, 6) is 5.07. The average Bonchev–Trinajstić information content (AvgIpc) is 2.15. The first-order valence-corrected chi connectivity index (χ1v) is 3.54. The van der Waals surface area contributed by atoms with Crippen molar-refractivity contribution in [2.75, 3.05) is 12.0 Å². The van der Waals surface area contributed by atoms with E-state index in [-0.39, 0.29) is 0 Å². The Morgan fingerprint density at radius 3 is 3.00 bits per heavy atom. The Kier molecular flexibility index (Phi) is 3.08. The molecule has 62 valence electrons. The van der Waals surface area contributed by atoms with Crippen molar-refractivity contribution in [3.8, 4) is 6.07 Å². The lowest BCUT2D eigenvalue weighted by atomic mass is 10.2. The molecule has 1 aromatic rings. The van der Waals surface area contributed by atoms with Gasteiger partial charge in [-0.3, -0.25) is 5.84 Å². The van der Waals surface area contributed by atoms with Crippen molar-refractivity contribution in [2.24, 2.45) is 5.84 Å². The molecule has 0 fully saturated rings. The zero-order valence-electron chi connectivity index (χ0n) is 6.54. The summed E-state index contributed by atoms with van der Waals surface area (Å²) in [5, 5.41) is 11.6. The van der Waals surface area contributed by atoms with Crippen LogP contribution in [0.25, 0.3) is 0 Å². The Bertz CT molecular complexity index is 289. The molecule has 0 radical (unpaired) electrons. The van der Waals surface area contributed by atoms with Crippen LogP contribution in [0.3, 0.4) is 0 Å². The van der Waals surface area contributed by atoms with Gasteiger partial charge in [-0.25, -0.2) is 5.43 Å². The third-order valence-corrected chi connectivity index (χ3v) is 1.39. The molecule has 12 heavy (non-hydrogen) atoms. The van der Waals surface area contributed by atoms with Crippen molar-refractivity contribution in [2.45, 2.75) is 0 Å². The second-order valence-electron chi connectivity index (χ2n) is 2.25. The van der Waals surface area contributed by atoms with Crippen molar-refractivity contribution in [3.63, 3.8) is 0 Å². The van der Waals surface area contributed by atoms with E-state index in [1.54, 1.807) is 12.1 Å². The smallest absolute Gasteiger partial charge is 0.0992 e. The predicted molar refractivity (Wildman–Crippen MR) is 47.0 cm³/mol. The van der Waals surface area contributed by atoms with Crippen molar-refractivity contribution < 1.29 is 0 Å². The molecule has 4 N–H and O–H groups in total. The third-order valence-electron chi connectivity index (χ3n) is 1.39. The minimum Gasteiger partial charge on any atom is -0.371 e. The monoisotopic (exact) mass is 162 g/mol. The summed E-state index contributed by atoms with van der Waals surface area (Å²) in [4.78, 5) is 0. The minimum atomic E-state index is 0.481. The molecule has 0 amide bonds. The molecule has 4 heteroatoms. The van der Waals surface area contributed by atoms with Gasteiger partial charge >= 0.3 is 0 Å². The number of hydrogen-bond acceptors (Lipinski definition) is 4. The zero-order valence-corrected chi connectivity index (χ0v) is 6.54. The van der Waals surface area contributed by atoms with Gasteiger partial charge < -0.3 is 5.32 Å². The molecule has 0 aliphatic heterocycles. The van der Waals surface area contributed by atoms with Crippen LogP contribution in [0.5, 0.6) is 0 Å². The fraction of sp³-hybridized carbons (Fsp3) is 0.125. The molecule has 1 rings (SSSR count). The van der Waals surface area contributed by atoms with E-state index in [4.69, 9.17) is 11.1 Å². The maximum Gasteiger partial charge on any atom is 0.0992 e. The number of anilines is 1. The van der Waals surface area contributed by atoms with Crippen molar-refractivity contribution in [3.05, 3.63) is 29.8 Å². The molecular weight excluding hydrogens is 152 g/mol. The van der Waals surface area contributed by atoms with Crippen LogP contribution >= 0.6 is 0 Å². The number of hydrazine groups is 1. The highest BCUT2D eigenvalue weighted by atomic mass is 15.3. The maximum absolute atomic E-state index is 8.57. The fourth-order valence-corrected chi connectivity index (χ4v) is 0.852. The quantitative estimate of drug-likeness (QED) is 0.341. The Morgan fingerprint density at radius 1 is 1.50 bits per heavy atom. The SMILES string of the molecule is N#Cc1cccc(NCNN)c1. The molecule has 0 aliphatic rings. The van der Waals surface area contributed by atoms with Gasteiger partial charge in [0.2, 0.25) is 0 Å². The molecule has 0 aromatic heterocycles. The number of nitrogens with one attached hydrogen (secondary N) is 2. The molecule has 0 aliphatic carbocycles. The number of benzene rings is 1. The normalized spacial score (nSPS) is 9.00. The summed E-state index contributed by atoms with van der Waals surface area (Å²) in [6.07, 6.45) is 0. The van der Waals surface area contributed by atoms with E-state index in [2.05, 4.69) is 16.8 Å². The van der Waals surface area contributed by atoms with E-state index in [9.17, 15) is 0 Å². The number of hydrogen-bond donors (Lipinski definition) is 3. The van der Waals surface area contributed by atoms with Crippen molar-refractivity contribution in [1.29, 1.82) is 5.26 Å². The summed E-state index contributed by atoms with van der Waals surface area (Å²) in [6.45, 7) is 0.481. The van der Waals surface area contributed by atoms with Gasteiger partial charge in [-0.1, -0.05) is 6.07 Å². The first-order valence-electron chi connectivity index (χ1n) is 3.54. The molecular formula is C8H10N4. The van der Waals surface area contributed by atoms with Gasteiger partial charge in [0.15, 0.2) is 0 Å². The van der Waals surface area contributed by atoms with Crippen molar-refractivity contribution >= 4 is 5.69 Å². The highest BCUT2D eigenvalue weighted by Gasteiger charge is 1.91. The number of nitrogens with zero attached hydrogens (tertiary/aromatic N) is 1. The van der Waals surface area contributed by atoms with E-state index >= 15 is 0 Å². The Labute approximate surface area is 71.0 Å². The lowest BCUT2D eigenvalue weighted by molar-refractivity contribution is 0.790. The number of rotatable bonds is 3. The van der Waals surface area contributed by atoms with Crippen LogP contribution in [0.2, 0.25) is 0 Å². The maximum atomic E-state index is 8.57. The Hall–Kier alpha value is -1.57. The average molecular weight is 162 g/mol. The molecule has 0 atom stereocenters. The summed E-state index contributed by atoms with van der Waals surface area (Å²) in [5.41, 5.74) is 3.98. The second kappa shape index (κ2) is 4.34. The van der Waals surface area contributed by atoms with E-state index in [0.29, 0.717) is 12.2 Å². The Morgan fingerprint density at radius 2 is 2.33 bits per heavy atom. The van der Waals surface area contributed by atoms with E-state index < -0.39 is 0 Å². The van der Waals surface area contributed by atoms with Gasteiger partial charge in [0.25, 0.3) is 0 Å². The number of nitrogens with two attached hydrogens (primary N) is 1. The van der Waals surface area contributed by atoms with Gasteiger partial charge in [0.1, 0.15) is 0 Å². The topological polar surface area (TPSA) is 73.9 Å². The van der Waals surface area contributed by atoms with Gasteiger partial charge in [0.05, 0.1) is 18.3 Å². The van der Waals surface area contributed by atoms with Gasteiger partial charge in [-0.15, -0.1) is 0 Å². The summed E-state index contributed by atoms with van der Waals surface area (Å²) >= 11 is 0. The minimum absolute atomic E-state index is 0.481. The first-order chi connectivity index (χ1) is 5.86. The molecule has 0 unspecified atom stereocenters. The van der Waals surface area contributed by atoms with Gasteiger partial charge in [-0.2, -0.15) is 5.26 Å². The van der Waals surface area contributed by atoms with Gasteiger partial charge in [0, 0.05) is 5.69 Å². The van der Waals surface area contributed by atoms with Crippen LogP contribution in [0, 0.1) is 11.3 Å². The highest BCUT2D eigenvalue weighted by Crippen LogP contribution is 2.08. The standard InChI is InChI=1S/C8H10N4/c9-5-7-2-1-3-8(4-7)11-6-12-10/h1-4,11-12H,6,10H2. The summed E-state index contributed by atoms with van der Waals surface area (Å²) in [6, 6.07) is 9.25. The molecule has 4 nitrogen and oxygen atoms in total. The molecule has 0 spiro atoms. The molecule has 1 aromatic carbocycles. The summed E-state index contributed by atoms with van der Waals surface area (Å²) < 4.78 is 0. The Balaban J connectivity index is 2.68. The molecule has 0 bridgehead atoms. The van der Waals surface area contributed by atoms with E-state index in [1.807, 2.05) is 12.1 Å². The van der Waals surface area contributed by atoms with Crippen LogP contribution in [0.1, 0.15) is 5.56 Å². The van der Waals surface area contributed by atoms with Crippen LogP contribution in [0.4, 0.5) is 5.69 Å². The molecule has 0 heterocycles. The van der Waals surface area contributed by atoms with Crippen LogP contribution < -0.4 is 16.6 Å². The van der Waals surface area contributed by atoms with E-state index in [0.717, 1.165) is 5.69 Å². The van der Waals surface area contributed by atoms with Crippen LogP contribution in [0.15, 0.2) is 24.3 Å². The molecule has 0 saturated heterocycles. The lowest BCUT2D eigenvalue weighted by Gasteiger charge is -2.04. The predicted octanol–water partition coefficient (Wildman–Crippen LogP) is 0.391.